The molecule has 3 nitrogen and oxygen atoms in total. The summed E-state index contributed by atoms with van der Waals surface area (Å²) in [4.78, 5) is 13.5. The summed E-state index contributed by atoms with van der Waals surface area (Å²) in [6.07, 6.45) is -4.85. The lowest BCUT2D eigenvalue weighted by Crippen LogP contribution is -2.19. The number of halogens is 5. The van der Waals surface area contributed by atoms with Gasteiger partial charge in [0.25, 0.3) is 6.47 Å². The van der Waals surface area contributed by atoms with E-state index < -0.39 is 18.0 Å². The number of nitrogens with one attached hydrogen (secondary N) is 1. The van der Waals surface area contributed by atoms with E-state index >= 15 is 0 Å². The summed E-state index contributed by atoms with van der Waals surface area (Å²) in [5, 5.41) is 1.00. The molecule has 158 valence electrons. The van der Waals surface area contributed by atoms with E-state index in [0.29, 0.717) is 39.8 Å². The van der Waals surface area contributed by atoms with Crippen LogP contribution in [0.15, 0.2) is 48.5 Å². The van der Waals surface area contributed by atoms with Gasteiger partial charge >= 0.3 is 6.18 Å². The molecule has 1 N–H and O–H groups in total. The lowest BCUT2D eigenvalue weighted by Gasteiger charge is -2.16. The van der Waals surface area contributed by atoms with E-state index in [-0.39, 0.29) is 12.0 Å². The summed E-state index contributed by atoms with van der Waals surface area (Å²) >= 11 is 11.9. The minimum absolute atomic E-state index is 0.0696. The van der Waals surface area contributed by atoms with Crippen molar-refractivity contribution in [2.75, 3.05) is 0 Å². The molecule has 1 aromatic heterocycles. The molecule has 0 radical (unpaired) electrons. The molecule has 30 heavy (non-hydrogen) atoms. The van der Waals surface area contributed by atoms with Crippen molar-refractivity contribution in [3.8, 4) is 11.1 Å². The summed E-state index contributed by atoms with van der Waals surface area (Å²) in [6, 6.07) is 13.6. The van der Waals surface area contributed by atoms with Gasteiger partial charge in [-0.05, 0) is 47.9 Å². The summed E-state index contributed by atoms with van der Waals surface area (Å²) in [6.45, 7) is 1.72. The van der Waals surface area contributed by atoms with Crippen LogP contribution in [-0.4, -0.2) is 17.6 Å². The first-order valence-electron chi connectivity index (χ1n) is 9.07. The van der Waals surface area contributed by atoms with E-state index in [2.05, 4.69) is 4.98 Å². The number of carbonyl (C=O) groups excluding carboxylic acids is 1. The predicted octanol–water partition coefficient (Wildman–Crippen LogP) is 6.64. The molecule has 1 atom stereocenters. The molecule has 3 rings (SSSR count). The predicted molar refractivity (Wildman–Crippen MR) is 111 cm³/mol. The molecule has 3 aromatic rings. The number of rotatable bonds is 7. The zero-order valence-corrected chi connectivity index (χ0v) is 17.4. The van der Waals surface area contributed by atoms with Crippen LogP contribution in [0, 0.1) is 6.92 Å². The second-order valence-electron chi connectivity index (χ2n) is 6.88. The van der Waals surface area contributed by atoms with Crippen LogP contribution >= 0.6 is 23.2 Å². The first kappa shape index (κ1) is 22.2. The van der Waals surface area contributed by atoms with Crippen molar-refractivity contribution < 1.29 is 22.7 Å². The van der Waals surface area contributed by atoms with E-state index in [1.165, 1.54) is 6.92 Å². The largest absolute Gasteiger partial charge is 0.464 e. The highest BCUT2D eigenvalue weighted by atomic mass is 35.5. The fourth-order valence-corrected chi connectivity index (χ4v) is 3.84. The van der Waals surface area contributed by atoms with Crippen LogP contribution in [0.25, 0.3) is 11.1 Å². The molecular formula is C22H18Cl2F3NO2. The Morgan fingerprint density at radius 3 is 2.37 bits per heavy atom. The Balaban J connectivity index is 2.01. The van der Waals surface area contributed by atoms with Crippen molar-refractivity contribution in [3.05, 3.63) is 81.1 Å². The first-order valence-corrected chi connectivity index (χ1v) is 9.82. The zero-order valence-electron chi connectivity index (χ0n) is 15.9. The van der Waals surface area contributed by atoms with Gasteiger partial charge in [-0.2, -0.15) is 13.2 Å². The van der Waals surface area contributed by atoms with Crippen LogP contribution in [0.1, 0.15) is 22.5 Å². The zero-order chi connectivity index (χ0) is 21.9. The molecule has 0 spiro atoms. The average molecular weight is 456 g/mol. The summed E-state index contributed by atoms with van der Waals surface area (Å²) in [5.41, 5.74) is 1.40. The van der Waals surface area contributed by atoms with Gasteiger partial charge in [0, 0.05) is 34.1 Å². The Labute approximate surface area is 181 Å². The quantitative estimate of drug-likeness (QED) is 0.405. The number of hydrogen-bond acceptors (Lipinski definition) is 2. The first-order chi connectivity index (χ1) is 14.2. The molecule has 2 aromatic carbocycles. The van der Waals surface area contributed by atoms with E-state index in [0.717, 1.165) is 5.56 Å². The molecule has 0 bridgehead atoms. The highest BCUT2D eigenvalue weighted by Gasteiger charge is 2.37. The van der Waals surface area contributed by atoms with Gasteiger partial charge in [0.15, 0.2) is 0 Å². The third kappa shape index (κ3) is 5.18. The van der Waals surface area contributed by atoms with Crippen molar-refractivity contribution in [2.45, 2.75) is 32.0 Å². The highest BCUT2D eigenvalue weighted by molar-refractivity contribution is 6.30. The maximum atomic E-state index is 13.5. The number of benzene rings is 2. The molecule has 0 fully saturated rings. The summed E-state index contributed by atoms with van der Waals surface area (Å²) < 4.78 is 45.8. The molecule has 0 saturated heterocycles. The molecule has 0 aliphatic heterocycles. The number of carbonyl (C=O) groups is 1. The van der Waals surface area contributed by atoms with Gasteiger partial charge in [0.1, 0.15) is 11.8 Å². The van der Waals surface area contributed by atoms with Crippen molar-refractivity contribution in [1.29, 1.82) is 0 Å². The number of ether oxygens (including phenoxy) is 1. The Morgan fingerprint density at radius 1 is 1.07 bits per heavy atom. The molecule has 1 heterocycles. The van der Waals surface area contributed by atoms with Gasteiger partial charge in [-0.1, -0.05) is 47.5 Å². The SMILES string of the molecule is Cc1c(C(F)(F)F)[nH]c(CC(Cc2cccc(Cl)c2)OC=O)c1-c1ccc(Cl)cc1. The Kier molecular flexibility index (Phi) is 6.78. The molecule has 8 heteroatoms. The van der Waals surface area contributed by atoms with Gasteiger partial charge < -0.3 is 9.72 Å². The van der Waals surface area contributed by atoms with Gasteiger partial charge in [0.2, 0.25) is 0 Å². The summed E-state index contributed by atoms with van der Waals surface area (Å²) in [7, 11) is 0. The van der Waals surface area contributed by atoms with Crippen LogP contribution in [0.3, 0.4) is 0 Å². The molecular weight excluding hydrogens is 438 g/mol. The van der Waals surface area contributed by atoms with Crippen LogP contribution in [0.4, 0.5) is 13.2 Å². The number of aromatic amines is 1. The fraction of sp³-hybridized carbons (Fsp3) is 0.227. The van der Waals surface area contributed by atoms with Gasteiger partial charge in [-0.25, -0.2) is 0 Å². The normalized spacial score (nSPS) is 12.6. The molecule has 0 saturated carbocycles. The molecule has 0 aliphatic rings. The van der Waals surface area contributed by atoms with Crippen LogP contribution in [-0.2, 0) is 28.5 Å². The van der Waals surface area contributed by atoms with E-state index in [9.17, 15) is 18.0 Å². The second-order valence-corrected chi connectivity index (χ2v) is 7.75. The summed E-state index contributed by atoms with van der Waals surface area (Å²) in [5.74, 6) is 0. The van der Waals surface area contributed by atoms with E-state index in [4.69, 9.17) is 27.9 Å². The number of alkyl halides is 3. The minimum Gasteiger partial charge on any atom is -0.464 e. The van der Waals surface area contributed by atoms with Crippen molar-refractivity contribution in [1.82, 2.24) is 4.98 Å². The molecule has 1 unspecified atom stereocenters. The highest BCUT2D eigenvalue weighted by Crippen LogP contribution is 2.39. The average Bonchev–Trinajstić information content (AvgIpc) is 2.99. The van der Waals surface area contributed by atoms with E-state index in [1.807, 2.05) is 6.07 Å². The van der Waals surface area contributed by atoms with Crippen LogP contribution in [0.2, 0.25) is 10.0 Å². The van der Waals surface area contributed by atoms with Crippen molar-refractivity contribution in [2.24, 2.45) is 0 Å². The van der Waals surface area contributed by atoms with Gasteiger partial charge in [-0.15, -0.1) is 0 Å². The Morgan fingerprint density at radius 2 is 1.77 bits per heavy atom. The number of H-pyrrole nitrogens is 1. The van der Waals surface area contributed by atoms with E-state index in [1.54, 1.807) is 42.5 Å². The Bertz CT molecular complexity index is 1030. The monoisotopic (exact) mass is 455 g/mol. The smallest absolute Gasteiger partial charge is 0.431 e. The minimum atomic E-state index is -4.54. The lowest BCUT2D eigenvalue weighted by atomic mass is 9.96. The second kappa shape index (κ2) is 9.14. The standard InChI is InChI=1S/C22H18Cl2F3NO2/c1-13-20(15-5-7-16(23)8-6-15)19(28-21(13)22(25,26)27)11-18(30-12-29)10-14-3-2-4-17(24)9-14/h2-9,12,18,28H,10-11H2,1H3. The van der Waals surface area contributed by atoms with Gasteiger partial charge in [-0.3, -0.25) is 4.79 Å². The van der Waals surface area contributed by atoms with Crippen molar-refractivity contribution in [3.63, 3.8) is 0 Å². The topological polar surface area (TPSA) is 42.1 Å². The maximum Gasteiger partial charge on any atom is 0.431 e. The molecule has 0 aliphatic carbocycles. The fourth-order valence-electron chi connectivity index (χ4n) is 3.50. The third-order valence-electron chi connectivity index (χ3n) is 4.78. The lowest BCUT2D eigenvalue weighted by molar-refractivity contribution is -0.141. The maximum absolute atomic E-state index is 13.5. The van der Waals surface area contributed by atoms with Crippen LogP contribution < -0.4 is 0 Å². The van der Waals surface area contributed by atoms with Crippen molar-refractivity contribution >= 4 is 29.7 Å². The van der Waals surface area contributed by atoms with Gasteiger partial charge in [0.05, 0.1) is 0 Å². The number of hydrogen-bond donors (Lipinski definition) is 1. The van der Waals surface area contributed by atoms with Crippen LogP contribution in [0.5, 0.6) is 0 Å². The Hall–Kier alpha value is -2.44. The molecule has 0 amide bonds. The number of aromatic nitrogens is 1. The third-order valence-corrected chi connectivity index (χ3v) is 5.26.